The van der Waals surface area contributed by atoms with Gasteiger partial charge in [0.2, 0.25) is 0 Å². The van der Waals surface area contributed by atoms with E-state index in [0.717, 1.165) is 19.3 Å². The van der Waals surface area contributed by atoms with Gasteiger partial charge in [-0.25, -0.2) is 8.78 Å². The van der Waals surface area contributed by atoms with Crippen LogP contribution in [0.25, 0.3) is 0 Å². The molecule has 0 fully saturated rings. The average molecular weight is 214 g/mol. The zero-order valence-corrected chi connectivity index (χ0v) is 8.88. The van der Waals surface area contributed by atoms with E-state index in [1.165, 1.54) is 12.1 Å². The molecule has 0 aliphatic heterocycles. The minimum atomic E-state index is -2.40. The summed E-state index contributed by atoms with van der Waals surface area (Å²) in [5.41, 5.74) is 0.0379. The van der Waals surface area contributed by atoms with Gasteiger partial charge in [-0.1, -0.05) is 19.8 Å². The molecule has 0 spiro atoms. The van der Waals surface area contributed by atoms with Crippen LogP contribution in [-0.2, 0) is 0 Å². The van der Waals surface area contributed by atoms with E-state index in [-0.39, 0.29) is 5.56 Å². The van der Waals surface area contributed by atoms with Crippen molar-refractivity contribution in [3.8, 4) is 5.75 Å². The first kappa shape index (κ1) is 12.0. The lowest BCUT2D eigenvalue weighted by Gasteiger charge is -2.06. The molecular formula is C12H16F2O. The number of ether oxygens (including phenoxy) is 1. The fourth-order valence-corrected chi connectivity index (χ4v) is 1.25. The van der Waals surface area contributed by atoms with Crippen LogP contribution in [0.15, 0.2) is 24.3 Å². The van der Waals surface area contributed by atoms with E-state index in [0.29, 0.717) is 12.4 Å². The maximum absolute atomic E-state index is 12.2. The van der Waals surface area contributed by atoms with E-state index >= 15 is 0 Å². The fourth-order valence-electron chi connectivity index (χ4n) is 1.25. The van der Waals surface area contributed by atoms with Gasteiger partial charge in [0.25, 0.3) is 6.43 Å². The lowest BCUT2D eigenvalue weighted by atomic mass is 10.2. The summed E-state index contributed by atoms with van der Waals surface area (Å²) >= 11 is 0. The van der Waals surface area contributed by atoms with Gasteiger partial charge in [-0.2, -0.15) is 0 Å². The predicted octanol–water partition coefficient (Wildman–Crippen LogP) is 4.19. The first-order chi connectivity index (χ1) is 7.24. The standard InChI is InChI=1S/C12H16F2O/c1-2-3-4-9-15-11-7-5-10(6-8-11)12(13)14/h5-8,12H,2-4,9H2,1H3. The second-order valence-electron chi connectivity index (χ2n) is 3.43. The van der Waals surface area contributed by atoms with Gasteiger partial charge in [0.15, 0.2) is 0 Å². The second-order valence-corrected chi connectivity index (χ2v) is 3.43. The molecule has 1 aromatic carbocycles. The average Bonchev–Trinajstić information content (AvgIpc) is 2.25. The van der Waals surface area contributed by atoms with Gasteiger partial charge in [-0.15, -0.1) is 0 Å². The Morgan fingerprint density at radius 1 is 1.13 bits per heavy atom. The van der Waals surface area contributed by atoms with Gasteiger partial charge in [0.1, 0.15) is 5.75 Å². The summed E-state index contributed by atoms with van der Waals surface area (Å²) in [7, 11) is 0. The molecular weight excluding hydrogens is 198 g/mol. The van der Waals surface area contributed by atoms with Crippen LogP contribution in [0.4, 0.5) is 8.78 Å². The molecule has 84 valence electrons. The van der Waals surface area contributed by atoms with Crippen LogP contribution in [-0.4, -0.2) is 6.61 Å². The molecule has 0 radical (unpaired) electrons. The molecule has 1 rings (SSSR count). The van der Waals surface area contributed by atoms with Crippen LogP contribution in [0.5, 0.6) is 5.75 Å². The summed E-state index contributed by atoms with van der Waals surface area (Å²) in [6, 6.07) is 5.99. The molecule has 0 aliphatic rings. The Balaban J connectivity index is 2.36. The molecule has 3 heteroatoms. The van der Waals surface area contributed by atoms with Crippen molar-refractivity contribution in [1.29, 1.82) is 0 Å². The zero-order valence-electron chi connectivity index (χ0n) is 8.88. The Morgan fingerprint density at radius 3 is 2.33 bits per heavy atom. The molecule has 0 aromatic heterocycles. The monoisotopic (exact) mass is 214 g/mol. The minimum Gasteiger partial charge on any atom is -0.494 e. The van der Waals surface area contributed by atoms with E-state index in [2.05, 4.69) is 6.92 Å². The highest BCUT2D eigenvalue weighted by atomic mass is 19.3. The molecule has 0 aliphatic carbocycles. The number of unbranched alkanes of at least 4 members (excludes halogenated alkanes) is 2. The Morgan fingerprint density at radius 2 is 1.80 bits per heavy atom. The van der Waals surface area contributed by atoms with Crippen molar-refractivity contribution in [3.63, 3.8) is 0 Å². The number of benzene rings is 1. The summed E-state index contributed by atoms with van der Waals surface area (Å²) in [5, 5.41) is 0. The van der Waals surface area contributed by atoms with E-state index in [1.54, 1.807) is 12.1 Å². The first-order valence-electron chi connectivity index (χ1n) is 5.25. The smallest absolute Gasteiger partial charge is 0.263 e. The number of hydrogen-bond acceptors (Lipinski definition) is 1. The van der Waals surface area contributed by atoms with Crippen LogP contribution in [0, 0.1) is 0 Å². The molecule has 0 saturated heterocycles. The third kappa shape index (κ3) is 4.28. The first-order valence-corrected chi connectivity index (χ1v) is 5.25. The van der Waals surface area contributed by atoms with Gasteiger partial charge in [0.05, 0.1) is 6.61 Å². The molecule has 0 amide bonds. The van der Waals surface area contributed by atoms with E-state index in [4.69, 9.17) is 4.74 Å². The number of hydrogen-bond donors (Lipinski definition) is 0. The summed E-state index contributed by atoms with van der Waals surface area (Å²) in [6.45, 7) is 2.78. The van der Waals surface area contributed by atoms with E-state index in [1.807, 2.05) is 0 Å². The highest BCUT2D eigenvalue weighted by Gasteiger charge is 2.05. The Hall–Kier alpha value is -1.12. The molecule has 0 bridgehead atoms. The van der Waals surface area contributed by atoms with E-state index in [9.17, 15) is 8.78 Å². The molecule has 0 N–H and O–H groups in total. The SMILES string of the molecule is CCCCCOc1ccc(C(F)F)cc1. The van der Waals surface area contributed by atoms with Crippen LogP contribution < -0.4 is 4.74 Å². The molecule has 0 heterocycles. The van der Waals surface area contributed by atoms with Crippen molar-refractivity contribution in [1.82, 2.24) is 0 Å². The Kier molecular flexibility index (Phi) is 5.08. The summed E-state index contributed by atoms with van der Waals surface area (Å²) in [5.74, 6) is 0.663. The van der Waals surface area contributed by atoms with Crippen molar-refractivity contribution in [2.45, 2.75) is 32.6 Å². The normalized spacial score (nSPS) is 10.7. The summed E-state index contributed by atoms with van der Waals surface area (Å²) < 4.78 is 29.8. The second kappa shape index (κ2) is 6.38. The lowest BCUT2D eigenvalue weighted by molar-refractivity contribution is 0.151. The molecule has 1 nitrogen and oxygen atoms in total. The third-order valence-electron chi connectivity index (χ3n) is 2.15. The highest BCUT2D eigenvalue weighted by Crippen LogP contribution is 2.21. The van der Waals surface area contributed by atoms with Crippen molar-refractivity contribution in [2.75, 3.05) is 6.61 Å². The van der Waals surface area contributed by atoms with Gasteiger partial charge < -0.3 is 4.74 Å². The maximum atomic E-state index is 12.2. The predicted molar refractivity (Wildman–Crippen MR) is 56.4 cm³/mol. The summed E-state index contributed by atoms with van der Waals surface area (Å²) in [6.07, 6.45) is 0.884. The molecule has 0 saturated carbocycles. The molecule has 1 aromatic rings. The molecule has 0 unspecified atom stereocenters. The quantitative estimate of drug-likeness (QED) is 0.645. The van der Waals surface area contributed by atoms with Crippen molar-refractivity contribution < 1.29 is 13.5 Å². The third-order valence-corrected chi connectivity index (χ3v) is 2.15. The minimum absolute atomic E-state index is 0.0379. The maximum Gasteiger partial charge on any atom is 0.263 e. The van der Waals surface area contributed by atoms with Crippen LogP contribution in [0.2, 0.25) is 0 Å². The van der Waals surface area contributed by atoms with Crippen molar-refractivity contribution in [3.05, 3.63) is 29.8 Å². The van der Waals surface area contributed by atoms with Crippen LogP contribution in [0.1, 0.15) is 38.2 Å². The Labute approximate surface area is 89.1 Å². The van der Waals surface area contributed by atoms with Gasteiger partial charge >= 0.3 is 0 Å². The zero-order chi connectivity index (χ0) is 11.1. The number of halogens is 2. The largest absolute Gasteiger partial charge is 0.494 e. The number of alkyl halides is 2. The van der Waals surface area contributed by atoms with Crippen LogP contribution in [0.3, 0.4) is 0 Å². The fraction of sp³-hybridized carbons (Fsp3) is 0.500. The van der Waals surface area contributed by atoms with E-state index < -0.39 is 6.43 Å². The number of rotatable bonds is 6. The summed E-state index contributed by atoms with van der Waals surface area (Å²) in [4.78, 5) is 0. The van der Waals surface area contributed by atoms with Gasteiger partial charge in [-0.05, 0) is 30.7 Å². The van der Waals surface area contributed by atoms with Gasteiger partial charge in [0, 0.05) is 5.56 Å². The molecule has 15 heavy (non-hydrogen) atoms. The lowest BCUT2D eigenvalue weighted by Crippen LogP contribution is -1.97. The highest BCUT2D eigenvalue weighted by molar-refractivity contribution is 5.27. The molecule has 0 atom stereocenters. The Bertz CT molecular complexity index is 269. The topological polar surface area (TPSA) is 9.23 Å². The van der Waals surface area contributed by atoms with Gasteiger partial charge in [-0.3, -0.25) is 0 Å². The van der Waals surface area contributed by atoms with Crippen molar-refractivity contribution >= 4 is 0 Å². The van der Waals surface area contributed by atoms with Crippen molar-refractivity contribution in [2.24, 2.45) is 0 Å². The van der Waals surface area contributed by atoms with Crippen LogP contribution >= 0.6 is 0 Å².